The molecule has 0 aliphatic rings. The van der Waals surface area contributed by atoms with E-state index >= 15 is 0 Å². The highest BCUT2D eigenvalue weighted by Crippen LogP contribution is 2.27. The lowest BCUT2D eigenvalue weighted by Gasteiger charge is -2.08. The summed E-state index contributed by atoms with van der Waals surface area (Å²) < 4.78 is 9.74. The van der Waals surface area contributed by atoms with Gasteiger partial charge >= 0.3 is 5.97 Å². The van der Waals surface area contributed by atoms with E-state index in [1.54, 1.807) is 6.92 Å². The SMILES string of the molecule is CCOC(=O)c1cc(Cl)c(OC)cc1C=O. The predicted octanol–water partition coefficient (Wildman–Crippen LogP) is 2.34. The number of halogens is 1. The lowest BCUT2D eigenvalue weighted by atomic mass is 10.1. The monoisotopic (exact) mass is 242 g/mol. The van der Waals surface area contributed by atoms with Crippen molar-refractivity contribution in [3.8, 4) is 5.75 Å². The van der Waals surface area contributed by atoms with Crippen LogP contribution in [0.2, 0.25) is 5.02 Å². The number of methoxy groups -OCH3 is 1. The second kappa shape index (κ2) is 5.51. The minimum Gasteiger partial charge on any atom is -0.495 e. The molecule has 4 nitrogen and oxygen atoms in total. The summed E-state index contributed by atoms with van der Waals surface area (Å²) in [6.45, 7) is 1.92. The number of esters is 1. The van der Waals surface area contributed by atoms with Crippen molar-refractivity contribution in [3.05, 3.63) is 28.3 Å². The van der Waals surface area contributed by atoms with Gasteiger partial charge in [-0.05, 0) is 19.1 Å². The van der Waals surface area contributed by atoms with E-state index in [1.807, 2.05) is 0 Å². The Kier molecular flexibility index (Phi) is 4.31. The van der Waals surface area contributed by atoms with Gasteiger partial charge in [-0.15, -0.1) is 0 Å². The second-order valence-electron chi connectivity index (χ2n) is 2.91. The van der Waals surface area contributed by atoms with Crippen molar-refractivity contribution in [1.29, 1.82) is 0 Å². The van der Waals surface area contributed by atoms with Gasteiger partial charge < -0.3 is 9.47 Å². The van der Waals surface area contributed by atoms with E-state index < -0.39 is 5.97 Å². The molecule has 0 aliphatic carbocycles. The van der Waals surface area contributed by atoms with E-state index in [0.717, 1.165) is 0 Å². The zero-order valence-corrected chi connectivity index (χ0v) is 9.71. The molecular formula is C11H11ClO4. The molecule has 0 fully saturated rings. The number of hydrogen-bond donors (Lipinski definition) is 0. The fraction of sp³-hybridized carbons (Fsp3) is 0.273. The Hall–Kier alpha value is -1.55. The van der Waals surface area contributed by atoms with E-state index in [4.69, 9.17) is 21.1 Å². The average molecular weight is 243 g/mol. The van der Waals surface area contributed by atoms with Crippen LogP contribution in [0.3, 0.4) is 0 Å². The zero-order chi connectivity index (χ0) is 12.1. The number of benzene rings is 1. The number of rotatable bonds is 4. The van der Waals surface area contributed by atoms with Crippen LogP contribution in [-0.4, -0.2) is 26.0 Å². The van der Waals surface area contributed by atoms with Crippen molar-refractivity contribution in [3.63, 3.8) is 0 Å². The third-order valence-corrected chi connectivity index (χ3v) is 2.24. The summed E-state index contributed by atoms with van der Waals surface area (Å²) in [4.78, 5) is 22.3. The molecule has 0 bridgehead atoms. The van der Waals surface area contributed by atoms with E-state index in [1.165, 1.54) is 19.2 Å². The maximum Gasteiger partial charge on any atom is 0.338 e. The predicted molar refractivity (Wildman–Crippen MR) is 59.3 cm³/mol. The third-order valence-electron chi connectivity index (χ3n) is 1.95. The summed E-state index contributed by atoms with van der Waals surface area (Å²) in [6.07, 6.45) is 0.561. The summed E-state index contributed by atoms with van der Waals surface area (Å²) in [5, 5.41) is 0.260. The molecule has 1 aromatic carbocycles. The molecule has 16 heavy (non-hydrogen) atoms. The highest BCUT2D eigenvalue weighted by atomic mass is 35.5. The molecule has 0 unspecified atom stereocenters. The number of aldehydes is 1. The molecule has 86 valence electrons. The van der Waals surface area contributed by atoms with Gasteiger partial charge in [-0.25, -0.2) is 4.79 Å². The Morgan fingerprint density at radius 3 is 2.69 bits per heavy atom. The highest BCUT2D eigenvalue weighted by molar-refractivity contribution is 6.32. The lowest BCUT2D eigenvalue weighted by molar-refractivity contribution is 0.0524. The van der Waals surface area contributed by atoms with Gasteiger partial charge in [0.1, 0.15) is 5.75 Å². The minimum atomic E-state index is -0.575. The zero-order valence-electron chi connectivity index (χ0n) is 8.95. The third kappa shape index (κ3) is 2.52. The summed E-state index contributed by atoms with van der Waals surface area (Å²) in [5.41, 5.74) is 0.336. The van der Waals surface area contributed by atoms with Gasteiger partial charge in [-0.1, -0.05) is 11.6 Å². The molecule has 0 aliphatic heterocycles. The van der Waals surface area contributed by atoms with Crippen LogP contribution in [0.15, 0.2) is 12.1 Å². The van der Waals surface area contributed by atoms with Crippen molar-refractivity contribution < 1.29 is 19.1 Å². The van der Waals surface area contributed by atoms with Crippen LogP contribution in [-0.2, 0) is 4.74 Å². The van der Waals surface area contributed by atoms with Gasteiger partial charge in [-0.3, -0.25) is 4.79 Å². The highest BCUT2D eigenvalue weighted by Gasteiger charge is 2.15. The fourth-order valence-corrected chi connectivity index (χ4v) is 1.45. The van der Waals surface area contributed by atoms with Crippen LogP contribution >= 0.6 is 11.6 Å². The van der Waals surface area contributed by atoms with Crippen molar-refractivity contribution in [2.45, 2.75) is 6.92 Å². The van der Waals surface area contributed by atoms with Crippen molar-refractivity contribution in [2.24, 2.45) is 0 Å². The minimum absolute atomic E-state index is 0.141. The van der Waals surface area contributed by atoms with Gasteiger partial charge in [0.25, 0.3) is 0 Å². The average Bonchev–Trinajstić information content (AvgIpc) is 2.29. The fourth-order valence-electron chi connectivity index (χ4n) is 1.21. The van der Waals surface area contributed by atoms with Gasteiger partial charge in [0, 0.05) is 5.56 Å². The molecule has 0 spiro atoms. The first kappa shape index (κ1) is 12.5. The van der Waals surface area contributed by atoms with E-state index in [0.29, 0.717) is 12.0 Å². The molecule has 0 saturated heterocycles. The van der Waals surface area contributed by atoms with Crippen LogP contribution in [0.25, 0.3) is 0 Å². The standard InChI is InChI=1S/C11H11ClO4/c1-3-16-11(14)8-5-9(12)10(15-2)4-7(8)6-13/h4-6H,3H2,1-2H3. The Labute approximate surface area is 98.1 Å². The van der Waals surface area contributed by atoms with Gasteiger partial charge in [0.2, 0.25) is 0 Å². The first-order valence-corrected chi connectivity index (χ1v) is 5.01. The van der Waals surface area contributed by atoms with Crippen molar-refractivity contribution in [2.75, 3.05) is 13.7 Å². The van der Waals surface area contributed by atoms with E-state index in [2.05, 4.69) is 0 Å². The Bertz CT molecular complexity index is 415. The lowest BCUT2D eigenvalue weighted by Crippen LogP contribution is -2.08. The largest absolute Gasteiger partial charge is 0.495 e. The van der Waals surface area contributed by atoms with Gasteiger partial charge in [-0.2, -0.15) is 0 Å². The maximum absolute atomic E-state index is 11.5. The number of hydrogen-bond acceptors (Lipinski definition) is 4. The Morgan fingerprint density at radius 2 is 2.19 bits per heavy atom. The van der Waals surface area contributed by atoms with Crippen LogP contribution in [0.5, 0.6) is 5.75 Å². The second-order valence-corrected chi connectivity index (χ2v) is 3.32. The quantitative estimate of drug-likeness (QED) is 0.601. The van der Waals surface area contributed by atoms with Crippen LogP contribution in [0.1, 0.15) is 27.6 Å². The van der Waals surface area contributed by atoms with Crippen molar-refractivity contribution in [1.82, 2.24) is 0 Å². The van der Waals surface area contributed by atoms with Crippen LogP contribution in [0, 0.1) is 0 Å². The van der Waals surface area contributed by atoms with Crippen molar-refractivity contribution >= 4 is 23.9 Å². The number of carbonyl (C=O) groups is 2. The normalized spacial score (nSPS) is 9.69. The smallest absolute Gasteiger partial charge is 0.338 e. The van der Waals surface area contributed by atoms with Crippen LogP contribution < -0.4 is 4.74 Å². The van der Waals surface area contributed by atoms with Gasteiger partial charge in [0.15, 0.2) is 6.29 Å². The van der Waals surface area contributed by atoms with E-state index in [9.17, 15) is 9.59 Å². The molecule has 0 amide bonds. The first-order valence-electron chi connectivity index (χ1n) is 4.63. The molecule has 0 saturated carbocycles. The molecule has 0 N–H and O–H groups in total. The summed E-state index contributed by atoms with van der Waals surface area (Å²) >= 11 is 5.85. The topological polar surface area (TPSA) is 52.6 Å². The Morgan fingerprint density at radius 1 is 1.50 bits per heavy atom. The Balaban J connectivity index is 3.22. The van der Waals surface area contributed by atoms with E-state index in [-0.39, 0.29) is 22.8 Å². The molecule has 0 heterocycles. The summed E-state index contributed by atoms with van der Waals surface area (Å²) in [5.74, 6) is -0.231. The molecule has 5 heteroatoms. The molecule has 1 rings (SSSR count). The molecule has 0 aromatic heterocycles. The first-order chi connectivity index (χ1) is 7.63. The summed E-state index contributed by atoms with van der Waals surface area (Å²) in [7, 11) is 1.43. The maximum atomic E-state index is 11.5. The molecule has 0 radical (unpaired) electrons. The number of carbonyl (C=O) groups excluding carboxylic acids is 2. The molecular weight excluding hydrogens is 232 g/mol. The van der Waals surface area contributed by atoms with Gasteiger partial charge in [0.05, 0.1) is 24.3 Å². The molecule has 1 aromatic rings. The summed E-state index contributed by atoms with van der Waals surface area (Å²) in [6, 6.07) is 2.77. The van der Waals surface area contributed by atoms with Crippen LogP contribution in [0.4, 0.5) is 0 Å². The molecule has 0 atom stereocenters. The number of ether oxygens (including phenoxy) is 2.